The normalized spacial score (nSPS) is 10.8. The summed E-state index contributed by atoms with van der Waals surface area (Å²) in [5.74, 6) is -0.482. The standard InChI is InChI=1S/C20H16BrClN4O2S/c21-15-6-3-5-14(12-15)19(28)23-11-10-18-25-26-20(29-18)24-17(27)9-8-13-4-1-2-7-16(13)22/h1-9,12H,10-11H2,(H,23,28)(H,24,26,27)/b9-8+. The number of amides is 2. The van der Waals surface area contributed by atoms with E-state index in [1.165, 1.54) is 17.4 Å². The zero-order valence-corrected chi connectivity index (χ0v) is 18.2. The van der Waals surface area contributed by atoms with Gasteiger partial charge in [-0.05, 0) is 35.9 Å². The maximum absolute atomic E-state index is 12.1. The first-order valence-electron chi connectivity index (χ1n) is 8.61. The second-order valence-electron chi connectivity index (χ2n) is 5.86. The summed E-state index contributed by atoms with van der Waals surface area (Å²) in [6.45, 7) is 0.417. The highest BCUT2D eigenvalue weighted by molar-refractivity contribution is 9.10. The molecule has 0 bridgehead atoms. The van der Waals surface area contributed by atoms with Crippen LogP contribution in [0.5, 0.6) is 0 Å². The molecule has 2 N–H and O–H groups in total. The fourth-order valence-electron chi connectivity index (χ4n) is 2.34. The fourth-order valence-corrected chi connectivity index (χ4v) is 3.68. The second-order valence-corrected chi connectivity index (χ2v) is 8.25. The summed E-state index contributed by atoms with van der Waals surface area (Å²) in [4.78, 5) is 24.1. The Kier molecular flexibility index (Phi) is 7.51. The summed E-state index contributed by atoms with van der Waals surface area (Å²) in [5.41, 5.74) is 1.33. The molecular formula is C20H16BrClN4O2S. The Morgan fingerprint density at radius 2 is 1.97 bits per heavy atom. The van der Waals surface area contributed by atoms with Crippen LogP contribution in [0.4, 0.5) is 5.13 Å². The molecule has 0 unspecified atom stereocenters. The molecular weight excluding hydrogens is 476 g/mol. The minimum atomic E-state index is -0.324. The van der Waals surface area contributed by atoms with Crippen LogP contribution in [0.2, 0.25) is 5.02 Å². The second kappa shape index (κ2) is 10.3. The summed E-state index contributed by atoms with van der Waals surface area (Å²) in [6.07, 6.45) is 3.54. The van der Waals surface area contributed by atoms with Crippen LogP contribution in [0.1, 0.15) is 20.9 Å². The Hall–Kier alpha value is -2.55. The van der Waals surface area contributed by atoms with E-state index >= 15 is 0 Å². The van der Waals surface area contributed by atoms with Gasteiger partial charge in [-0.15, -0.1) is 10.2 Å². The Morgan fingerprint density at radius 3 is 2.76 bits per heavy atom. The lowest BCUT2D eigenvalue weighted by Gasteiger charge is -2.04. The number of aromatic nitrogens is 2. The lowest BCUT2D eigenvalue weighted by atomic mass is 10.2. The number of benzene rings is 2. The van der Waals surface area contributed by atoms with Crippen LogP contribution in [0.3, 0.4) is 0 Å². The number of nitrogens with zero attached hydrogens (tertiary/aromatic N) is 2. The summed E-state index contributed by atoms with van der Waals surface area (Å²) < 4.78 is 0.846. The predicted molar refractivity (Wildman–Crippen MR) is 119 cm³/mol. The zero-order chi connectivity index (χ0) is 20.6. The average molecular weight is 492 g/mol. The first-order valence-corrected chi connectivity index (χ1v) is 10.6. The van der Waals surface area contributed by atoms with E-state index in [0.29, 0.717) is 33.7 Å². The molecule has 6 nitrogen and oxygen atoms in total. The smallest absolute Gasteiger partial charge is 0.251 e. The van der Waals surface area contributed by atoms with Crippen molar-refractivity contribution in [3.63, 3.8) is 0 Å². The largest absolute Gasteiger partial charge is 0.352 e. The van der Waals surface area contributed by atoms with Gasteiger partial charge in [0.15, 0.2) is 0 Å². The van der Waals surface area contributed by atoms with Crippen molar-refractivity contribution in [2.45, 2.75) is 6.42 Å². The van der Waals surface area contributed by atoms with Gasteiger partial charge < -0.3 is 5.32 Å². The van der Waals surface area contributed by atoms with E-state index < -0.39 is 0 Å². The predicted octanol–water partition coefficient (Wildman–Crippen LogP) is 4.58. The van der Waals surface area contributed by atoms with Crippen LogP contribution in [0, 0.1) is 0 Å². The molecule has 2 amide bonds. The number of anilines is 1. The van der Waals surface area contributed by atoms with Crippen molar-refractivity contribution in [2.24, 2.45) is 0 Å². The molecule has 0 radical (unpaired) electrons. The number of hydrogen-bond donors (Lipinski definition) is 2. The third kappa shape index (κ3) is 6.49. The van der Waals surface area contributed by atoms with Gasteiger partial charge in [0.25, 0.3) is 5.91 Å². The van der Waals surface area contributed by atoms with Crippen LogP contribution in [-0.4, -0.2) is 28.6 Å². The summed E-state index contributed by atoms with van der Waals surface area (Å²) in [6, 6.07) is 14.4. The van der Waals surface area contributed by atoms with Crippen molar-refractivity contribution in [3.8, 4) is 0 Å². The van der Waals surface area contributed by atoms with Crippen molar-refractivity contribution < 1.29 is 9.59 Å². The van der Waals surface area contributed by atoms with E-state index in [-0.39, 0.29) is 11.8 Å². The third-order valence-electron chi connectivity index (χ3n) is 3.73. The molecule has 0 spiro atoms. The molecule has 2 aromatic carbocycles. The first kappa shape index (κ1) is 21.2. The van der Waals surface area contributed by atoms with Gasteiger partial charge in [-0.3, -0.25) is 14.9 Å². The molecule has 1 aromatic heterocycles. The maximum atomic E-state index is 12.1. The van der Waals surface area contributed by atoms with Crippen LogP contribution < -0.4 is 10.6 Å². The van der Waals surface area contributed by atoms with Crippen molar-refractivity contribution in [1.82, 2.24) is 15.5 Å². The number of carbonyl (C=O) groups is 2. The molecule has 0 saturated heterocycles. The summed E-state index contributed by atoms with van der Waals surface area (Å²) in [5, 5.41) is 15.2. The molecule has 0 aliphatic heterocycles. The average Bonchev–Trinajstić information content (AvgIpc) is 3.14. The van der Waals surface area contributed by atoms with Crippen LogP contribution >= 0.6 is 38.9 Å². The zero-order valence-electron chi connectivity index (χ0n) is 15.1. The maximum Gasteiger partial charge on any atom is 0.251 e. The number of rotatable bonds is 7. The molecule has 0 saturated carbocycles. The van der Waals surface area contributed by atoms with Crippen molar-refractivity contribution in [3.05, 3.63) is 80.2 Å². The van der Waals surface area contributed by atoms with Crippen molar-refractivity contribution in [1.29, 1.82) is 0 Å². The number of carbonyl (C=O) groups excluding carboxylic acids is 2. The van der Waals surface area contributed by atoms with E-state index in [1.807, 2.05) is 24.3 Å². The van der Waals surface area contributed by atoms with E-state index in [0.717, 1.165) is 10.0 Å². The van der Waals surface area contributed by atoms with Crippen molar-refractivity contribution in [2.75, 3.05) is 11.9 Å². The number of hydrogen-bond acceptors (Lipinski definition) is 5. The molecule has 9 heteroatoms. The highest BCUT2D eigenvalue weighted by Crippen LogP contribution is 2.18. The highest BCUT2D eigenvalue weighted by Gasteiger charge is 2.09. The van der Waals surface area contributed by atoms with Gasteiger partial charge in [-0.1, -0.05) is 63.1 Å². The Bertz CT molecular complexity index is 1050. The quantitative estimate of drug-likeness (QED) is 0.474. The lowest BCUT2D eigenvalue weighted by Crippen LogP contribution is -2.25. The van der Waals surface area contributed by atoms with Gasteiger partial charge in [0, 0.05) is 34.1 Å². The van der Waals surface area contributed by atoms with E-state index in [1.54, 1.807) is 30.3 Å². The molecule has 3 aromatic rings. The van der Waals surface area contributed by atoms with Crippen LogP contribution in [-0.2, 0) is 11.2 Å². The minimum absolute atomic E-state index is 0.158. The van der Waals surface area contributed by atoms with E-state index in [4.69, 9.17) is 11.6 Å². The van der Waals surface area contributed by atoms with E-state index in [2.05, 4.69) is 36.8 Å². The molecule has 1 heterocycles. The first-order chi connectivity index (χ1) is 14.0. The molecule has 0 fully saturated rings. The fraction of sp³-hybridized carbons (Fsp3) is 0.100. The monoisotopic (exact) mass is 490 g/mol. The lowest BCUT2D eigenvalue weighted by molar-refractivity contribution is -0.111. The molecule has 0 aliphatic carbocycles. The van der Waals surface area contributed by atoms with Gasteiger partial charge in [0.1, 0.15) is 5.01 Å². The van der Waals surface area contributed by atoms with Gasteiger partial charge in [0.05, 0.1) is 0 Å². The molecule has 29 heavy (non-hydrogen) atoms. The SMILES string of the molecule is O=C(/C=C/c1ccccc1Cl)Nc1nnc(CCNC(=O)c2cccc(Br)c2)s1. The Balaban J connectivity index is 1.47. The van der Waals surface area contributed by atoms with Gasteiger partial charge in [0.2, 0.25) is 11.0 Å². The number of nitrogens with one attached hydrogen (secondary N) is 2. The summed E-state index contributed by atoms with van der Waals surface area (Å²) >= 11 is 10.7. The Morgan fingerprint density at radius 1 is 1.14 bits per heavy atom. The van der Waals surface area contributed by atoms with Crippen molar-refractivity contribution >= 4 is 61.9 Å². The minimum Gasteiger partial charge on any atom is -0.352 e. The van der Waals surface area contributed by atoms with Crippen LogP contribution in [0.15, 0.2) is 59.1 Å². The highest BCUT2D eigenvalue weighted by atomic mass is 79.9. The van der Waals surface area contributed by atoms with Gasteiger partial charge >= 0.3 is 0 Å². The van der Waals surface area contributed by atoms with Gasteiger partial charge in [-0.25, -0.2) is 0 Å². The number of halogens is 2. The van der Waals surface area contributed by atoms with E-state index in [9.17, 15) is 9.59 Å². The Labute approximate surface area is 185 Å². The third-order valence-corrected chi connectivity index (χ3v) is 5.46. The molecule has 3 rings (SSSR count). The molecule has 0 aliphatic rings. The topological polar surface area (TPSA) is 84.0 Å². The molecule has 0 atom stereocenters. The van der Waals surface area contributed by atoms with Crippen LogP contribution in [0.25, 0.3) is 6.08 Å². The molecule has 148 valence electrons. The van der Waals surface area contributed by atoms with Gasteiger partial charge in [-0.2, -0.15) is 0 Å². The summed E-state index contributed by atoms with van der Waals surface area (Å²) in [7, 11) is 0.